The Morgan fingerprint density at radius 1 is 1.21 bits per heavy atom. The minimum atomic E-state index is 0. The van der Waals surface area contributed by atoms with Crippen molar-refractivity contribution >= 4 is 18.3 Å². The van der Waals surface area contributed by atoms with Gasteiger partial charge in [0.05, 0.1) is 5.92 Å². The number of hydrogen-bond donors (Lipinski definition) is 2. The van der Waals surface area contributed by atoms with Crippen LogP contribution in [0.4, 0.5) is 0 Å². The normalized spacial score (nSPS) is 25.3. The molecule has 1 fully saturated rings. The zero-order chi connectivity index (χ0) is 12.4. The lowest BCUT2D eigenvalue weighted by atomic mass is 9.88. The Morgan fingerprint density at radius 2 is 2.00 bits per heavy atom. The van der Waals surface area contributed by atoms with Crippen molar-refractivity contribution in [1.29, 1.82) is 0 Å². The summed E-state index contributed by atoms with van der Waals surface area (Å²) in [4.78, 5) is 12.1. The summed E-state index contributed by atoms with van der Waals surface area (Å²) in [5, 5.41) is 6.47. The maximum absolute atomic E-state index is 12.1. The van der Waals surface area contributed by atoms with E-state index in [2.05, 4.69) is 34.9 Å². The molecule has 2 aliphatic rings. The molecule has 0 bridgehead atoms. The van der Waals surface area contributed by atoms with Gasteiger partial charge in [0.25, 0.3) is 0 Å². The molecular weight excluding hydrogens is 260 g/mol. The van der Waals surface area contributed by atoms with Crippen molar-refractivity contribution in [1.82, 2.24) is 10.6 Å². The zero-order valence-electron chi connectivity index (χ0n) is 11.0. The topological polar surface area (TPSA) is 41.1 Å². The number of rotatable bonds is 2. The van der Waals surface area contributed by atoms with Crippen molar-refractivity contribution in [3.63, 3.8) is 0 Å². The number of benzene rings is 1. The van der Waals surface area contributed by atoms with Gasteiger partial charge in [0.2, 0.25) is 5.91 Å². The number of carbonyl (C=O) groups is 1. The van der Waals surface area contributed by atoms with Crippen LogP contribution in [-0.4, -0.2) is 25.0 Å². The molecule has 1 aromatic carbocycles. The molecule has 1 aliphatic carbocycles. The third kappa shape index (κ3) is 3.28. The van der Waals surface area contributed by atoms with Crippen molar-refractivity contribution in [2.24, 2.45) is 5.92 Å². The van der Waals surface area contributed by atoms with Crippen molar-refractivity contribution in [2.75, 3.05) is 13.1 Å². The van der Waals surface area contributed by atoms with E-state index in [-0.39, 0.29) is 24.2 Å². The maximum Gasteiger partial charge on any atom is 0.224 e. The van der Waals surface area contributed by atoms with E-state index in [9.17, 15) is 4.79 Å². The molecule has 2 N–H and O–H groups in total. The van der Waals surface area contributed by atoms with Crippen LogP contribution in [-0.2, 0) is 17.6 Å². The van der Waals surface area contributed by atoms with E-state index >= 15 is 0 Å². The summed E-state index contributed by atoms with van der Waals surface area (Å²) in [5.41, 5.74) is 2.85. The fourth-order valence-corrected chi connectivity index (χ4v) is 3.02. The fraction of sp³-hybridized carbons (Fsp3) is 0.533. The molecule has 0 saturated carbocycles. The molecule has 19 heavy (non-hydrogen) atoms. The number of halogens is 1. The first-order valence-corrected chi connectivity index (χ1v) is 6.91. The first-order valence-electron chi connectivity index (χ1n) is 6.91. The monoisotopic (exact) mass is 280 g/mol. The molecule has 3 nitrogen and oxygen atoms in total. The number of fused-ring (bicyclic) bond motifs is 1. The Bertz CT molecular complexity index is 444. The molecule has 1 amide bonds. The summed E-state index contributed by atoms with van der Waals surface area (Å²) < 4.78 is 0. The van der Waals surface area contributed by atoms with E-state index in [4.69, 9.17) is 0 Å². The molecule has 4 heteroatoms. The first kappa shape index (κ1) is 14.4. The second kappa shape index (κ2) is 6.40. The minimum absolute atomic E-state index is 0. The lowest BCUT2D eigenvalue weighted by Crippen LogP contribution is -2.42. The van der Waals surface area contributed by atoms with Crippen LogP contribution in [0.1, 0.15) is 24.0 Å². The van der Waals surface area contributed by atoms with Crippen LogP contribution in [0.25, 0.3) is 0 Å². The molecule has 2 unspecified atom stereocenters. The van der Waals surface area contributed by atoms with Gasteiger partial charge in [0.15, 0.2) is 0 Å². The van der Waals surface area contributed by atoms with E-state index in [1.54, 1.807) is 0 Å². The summed E-state index contributed by atoms with van der Waals surface area (Å²) in [5.74, 6) is 0.423. The van der Waals surface area contributed by atoms with Gasteiger partial charge in [-0.25, -0.2) is 0 Å². The quantitative estimate of drug-likeness (QED) is 0.866. The van der Waals surface area contributed by atoms with E-state index in [0.717, 1.165) is 38.8 Å². The molecular formula is C15H21ClN2O. The average Bonchev–Trinajstić information content (AvgIpc) is 2.92. The van der Waals surface area contributed by atoms with Crippen LogP contribution in [0.3, 0.4) is 0 Å². The highest BCUT2D eigenvalue weighted by Gasteiger charge is 2.26. The Labute approximate surface area is 120 Å². The summed E-state index contributed by atoms with van der Waals surface area (Å²) in [7, 11) is 0. The van der Waals surface area contributed by atoms with Gasteiger partial charge in [-0.1, -0.05) is 24.3 Å². The molecule has 0 radical (unpaired) electrons. The molecule has 104 valence electrons. The number of amides is 1. The number of carbonyl (C=O) groups excluding carboxylic acids is 1. The van der Waals surface area contributed by atoms with Crippen molar-refractivity contribution in [3.8, 4) is 0 Å². The number of aryl methyl sites for hydroxylation is 1. The van der Waals surface area contributed by atoms with Gasteiger partial charge in [-0.3, -0.25) is 4.79 Å². The molecule has 0 aromatic heterocycles. The first-order chi connectivity index (χ1) is 8.83. The van der Waals surface area contributed by atoms with Crippen LogP contribution >= 0.6 is 12.4 Å². The van der Waals surface area contributed by atoms with Crippen LogP contribution in [0.15, 0.2) is 24.3 Å². The summed E-state index contributed by atoms with van der Waals surface area (Å²) in [6, 6.07) is 8.90. The Hall–Kier alpha value is -1.06. The molecule has 1 aliphatic heterocycles. The molecule has 3 rings (SSSR count). The second-order valence-corrected chi connectivity index (χ2v) is 5.41. The predicted octanol–water partition coefficient (Wildman–Crippen LogP) is 1.69. The predicted molar refractivity (Wildman–Crippen MR) is 78.6 cm³/mol. The highest BCUT2D eigenvalue weighted by molar-refractivity contribution is 5.85. The minimum Gasteiger partial charge on any atom is -0.353 e. The van der Waals surface area contributed by atoms with Gasteiger partial charge in [0, 0.05) is 12.6 Å². The van der Waals surface area contributed by atoms with Gasteiger partial charge in [-0.05, 0) is 43.4 Å². The van der Waals surface area contributed by atoms with Crippen LogP contribution in [0, 0.1) is 5.92 Å². The molecule has 1 heterocycles. The third-order valence-corrected chi connectivity index (χ3v) is 4.12. The van der Waals surface area contributed by atoms with Gasteiger partial charge in [0.1, 0.15) is 0 Å². The SMILES string of the molecule is Cl.O=C(NC1CCc2ccccc2C1)C1CCNC1. The van der Waals surface area contributed by atoms with E-state index < -0.39 is 0 Å². The van der Waals surface area contributed by atoms with E-state index in [1.165, 1.54) is 11.1 Å². The van der Waals surface area contributed by atoms with Crippen molar-refractivity contribution < 1.29 is 4.79 Å². The second-order valence-electron chi connectivity index (χ2n) is 5.41. The number of nitrogens with one attached hydrogen (secondary N) is 2. The fourth-order valence-electron chi connectivity index (χ4n) is 3.02. The van der Waals surface area contributed by atoms with E-state index in [0.29, 0.717) is 6.04 Å². The molecule has 0 spiro atoms. The maximum atomic E-state index is 12.1. The molecule has 1 aromatic rings. The lowest BCUT2D eigenvalue weighted by molar-refractivity contribution is -0.125. The van der Waals surface area contributed by atoms with Crippen molar-refractivity contribution in [3.05, 3.63) is 35.4 Å². The average molecular weight is 281 g/mol. The largest absolute Gasteiger partial charge is 0.353 e. The smallest absolute Gasteiger partial charge is 0.224 e. The summed E-state index contributed by atoms with van der Waals surface area (Å²) >= 11 is 0. The van der Waals surface area contributed by atoms with Gasteiger partial charge < -0.3 is 10.6 Å². The van der Waals surface area contributed by atoms with Gasteiger partial charge >= 0.3 is 0 Å². The molecule has 1 saturated heterocycles. The lowest BCUT2D eigenvalue weighted by Gasteiger charge is -2.26. The van der Waals surface area contributed by atoms with Crippen molar-refractivity contribution in [2.45, 2.75) is 31.7 Å². The summed E-state index contributed by atoms with van der Waals surface area (Å²) in [6.45, 7) is 1.82. The van der Waals surface area contributed by atoms with Crippen LogP contribution < -0.4 is 10.6 Å². The highest BCUT2D eigenvalue weighted by Crippen LogP contribution is 2.21. The third-order valence-electron chi connectivity index (χ3n) is 4.12. The standard InChI is InChI=1S/C15H20N2O.ClH/c18-15(13-7-8-16-10-13)17-14-6-5-11-3-1-2-4-12(11)9-14;/h1-4,13-14,16H,5-10H2,(H,17,18);1H. The Kier molecular flexibility index (Phi) is 4.83. The molecule has 2 atom stereocenters. The Balaban J connectivity index is 0.00000133. The highest BCUT2D eigenvalue weighted by atomic mass is 35.5. The van der Waals surface area contributed by atoms with Gasteiger partial charge in [-0.2, -0.15) is 0 Å². The zero-order valence-corrected chi connectivity index (χ0v) is 11.8. The summed E-state index contributed by atoms with van der Waals surface area (Å²) in [6.07, 6.45) is 4.13. The van der Waals surface area contributed by atoms with Crippen LogP contribution in [0.5, 0.6) is 0 Å². The Morgan fingerprint density at radius 3 is 2.74 bits per heavy atom. The van der Waals surface area contributed by atoms with Crippen LogP contribution in [0.2, 0.25) is 0 Å². The number of hydrogen-bond acceptors (Lipinski definition) is 2. The van der Waals surface area contributed by atoms with Gasteiger partial charge in [-0.15, -0.1) is 12.4 Å². The van der Waals surface area contributed by atoms with E-state index in [1.807, 2.05) is 0 Å².